The van der Waals surface area contributed by atoms with Gasteiger partial charge >= 0.3 is 0 Å². The standard InChI is InChI=1S/C14H16Cl2N2OS/c15-9-6-7-11(12(16)8-9)13(19)18-14(20)17-10-4-2-1-3-5-10/h6-8,10H,1-5H2,(H2,17,18,19,20). The summed E-state index contributed by atoms with van der Waals surface area (Å²) in [6.07, 6.45) is 5.88. The van der Waals surface area contributed by atoms with Crippen LogP contribution in [0.15, 0.2) is 18.2 Å². The second-order valence-electron chi connectivity index (χ2n) is 4.89. The lowest BCUT2D eigenvalue weighted by Crippen LogP contribution is -2.45. The third kappa shape index (κ3) is 4.33. The molecule has 1 aliphatic rings. The van der Waals surface area contributed by atoms with Crippen LogP contribution in [0.3, 0.4) is 0 Å². The molecule has 0 radical (unpaired) electrons. The fourth-order valence-electron chi connectivity index (χ4n) is 2.31. The smallest absolute Gasteiger partial charge is 0.258 e. The number of thiocarbonyl (C=S) groups is 1. The van der Waals surface area contributed by atoms with Crippen LogP contribution in [0.1, 0.15) is 42.5 Å². The molecular formula is C14H16Cl2N2OS. The van der Waals surface area contributed by atoms with Gasteiger partial charge in [0.05, 0.1) is 10.6 Å². The second-order valence-corrected chi connectivity index (χ2v) is 6.14. The Morgan fingerprint density at radius 3 is 2.55 bits per heavy atom. The quantitative estimate of drug-likeness (QED) is 0.807. The molecule has 1 fully saturated rings. The van der Waals surface area contributed by atoms with Gasteiger partial charge in [-0.25, -0.2) is 0 Å². The highest BCUT2D eigenvalue weighted by Gasteiger charge is 2.16. The molecule has 0 aromatic heterocycles. The summed E-state index contributed by atoms with van der Waals surface area (Å²) in [5.41, 5.74) is 0.365. The van der Waals surface area contributed by atoms with Crippen LogP contribution in [0.25, 0.3) is 0 Å². The van der Waals surface area contributed by atoms with Gasteiger partial charge in [0, 0.05) is 11.1 Å². The lowest BCUT2D eigenvalue weighted by atomic mass is 9.96. The van der Waals surface area contributed by atoms with Crippen LogP contribution in [0.4, 0.5) is 0 Å². The summed E-state index contributed by atoms with van der Waals surface area (Å²) in [5, 5.41) is 7.00. The van der Waals surface area contributed by atoms with Gasteiger partial charge < -0.3 is 5.32 Å². The zero-order valence-corrected chi connectivity index (χ0v) is 13.2. The normalized spacial score (nSPS) is 15.7. The van der Waals surface area contributed by atoms with Crippen molar-refractivity contribution >= 4 is 46.4 Å². The number of carbonyl (C=O) groups is 1. The Balaban J connectivity index is 1.91. The molecule has 3 nitrogen and oxygen atoms in total. The molecule has 0 heterocycles. The third-order valence-corrected chi connectivity index (χ3v) is 4.11. The van der Waals surface area contributed by atoms with E-state index in [9.17, 15) is 4.79 Å². The van der Waals surface area contributed by atoms with Crippen molar-refractivity contribution in [3.05, 3.63) is 33.8 Å². The number of halogens is 2. The fraction of sp³-hybridized carbons (Fsp3) is 0.429. The molecule has 0 unspecified atom stereocenters. The highest BCUT2D eigenvalue weighted by atomic mass is 35.5. The Morgan fingerprint density at radius 1 is 1.20 bits per heavy atom. The molecule has 0 aliphatic heterocycles. The van der Waals surface area contributed by atoms with Gasteiger partial charge in [0.15, 0.2) is 5.11 Å². The Hall–Kier alpha value is -0.840. The lowest BCUT2D eigenvalue weighted by Gasteiger charge is -2.24. The molecule has 6 heteroatoms. The second kappa shape index (κ2) is 7.25. The highest BCUT2D eigenvalue weighted by molar-refractivity contribution is 7.80. The Labute approximate surface area is 134 Å². The van der Waals surface area contributed by atoms with Gasteiger partial charge in [-0.2, -0.15) is 0 Å². The van der Waals surface area contributed by atoms with Crippen LogP contribution < -0.4 is 10.6 Å². The van der Waals surface area contributed by atoms with E-state index in [-0.39, 0.29) is 5.91 Å². The van der Waals surface area contributed by atoms with Gasteiger partial charge in [-0.3, -0.25) is 10.1 Å². The Morgan fingerprint density at radius 2 is 1.90 bits per heavy atom. The van der Waals surface area contributed by atoms with E-state index in [0.29, 0.717) is 26.8 Å². The minimum atomic E-state index is -0.319. The maximum Gasteiger partial charge on any atom is 0.258 e. The average Bonchev–Trinajstić information content (AvgIpc) is 2.39. The number of hydrogen-bond donors (Lipinski definition) is 2. The lowest BCUT2D eigenvalue weighted by molar-refractivity contribution is 0.0976. The third-order valence-electron chi connectivity index (χ3n) is 3.34. The van der Waals surface area contributed by atoms with E-state index in [2.05, 4.69) is 10.6 Å². The first-order chi connectivity index (χ1) is 9.56. The van der Waals surface area contributed by atoms with Crippen LogP contribution in [0.2, 0.25) is 10.0 Å². The van der Waals surface area contributed by atoms with Crippen LogP contribution >= 0.6 is 35.4 Å². The van der Waals surface area contributed by atoms with E-state index in [4.69, 9.17) is 35.4 Å². The summed E-state index contributed by atoms with van der Waals surface area (Å²) >= 11 is 17.0. The van der Waals surface area contributed by atoms with Gasteiger partial charge in [-0.05, 0) is 43.3 Å². The van der Waals surface area contributed by atoms with Crippen molar-refractivity contribution in [2.24, 2.45) is 0 Å². The van der Waals surface area contributed by atoms with Crippen LogP contribution in [0, 0.1) is 0 Å². The number of hydrogen-bond acceptors (Lipinski definition) is 2. The van der Waals surface area contributed by atoms with Gasteiger partial charge in [0.25, 0.3) is 5.91 Å². The maximum absolute atomic E-state index is 12.1. The molecule has 108 valence electrons. The van der Waals surface area contributed by atoms with E-state index in [1.165, 1.54) is 25.3 Å². The summed E-state index contributed by atoms with van der Waals surface area (Å²) in [6, 6.07) is 5.11. The molecule has 1 aromatic carbocycles. The van der Waals surface area contributed by atoms with Crippen molar-refractivity contribution in [1.82, 2.24) is 10.6 Å². The van der Waals surface area contributed by atoms with E-state index >= 15 is 0 Å². The monoisotopic (exact) mass is 330 g/mol. The van der Waals surface area contributed by atoms with Crippen molar-refractivity contribution in [3.63, 3.8) is 0 Å². The minimum absolute atomic E-state index is 0.315. The largest absolute Gasteiger partial charge is 0.360 e. The molecule has 2 rings (SSSR count). The van der Waals surface area contributed by atoms with Crippen molar-refractivity contribution in [2.75, 3.05) is 0 Å². The number of nitrogens with one attached hydrogen (secondary N) is 2. The zero-order chi connectivity index (χ0) is 14.5. The maximum atomic E-state index is 12.1. The molecule has 0 bridgehead atoms. The molecule has 0 atom stereocenters. The average molecular weight is 331 g/mol. The van der Waals surface area contributed by atoms with Gasteiger partial charge in [-0.1, -0.05) is 42.5 Å². The van der Waals surface area contributed by atoms with E-state index < -0.39 is 0 Å². The Bertz CT molecular complexity index is 516. The van der Waals surface area contributed by atoms with Gasteiger partial charge in [0.1, 0.15) is 0 Å². The first-order valence-electron chi connectivity index (χ1n) is 6.63. The first-order valence-corrected chi connectivity index (χ1v) is 7.79. The summed E-state index contributed by atoms with van der Waals surface area (Å²) in [6.45, 7) is 0. The Kier molecular flexibility index (Phi) is 5.64. The van der Waals surface area contributed by atoms with Crippen molar-refractivity contribution in [2.45, 2.75) is 38.1 Å². The molecule has 1 saturated carbocycles. The van der Waals surface area contributed by atoms with E-state index in [0.717, 1.165) is 12.8 Å². The topological polar surface area (TPSA) is 41.1 Å². The number of carbonyl (C=O) groups excluding carboxylic acids is 1. The van der Waals surface area contributed by atoms with Crippen LogP contribution in [-0.4, -0.2) is 17.1 Å². The first kappa shape index (κ1) is 15.5. The molecule has 20 heavy (non-hydrogen) atoms. The van der Waals surface area contributed by atoms with E-state index in [1.54, 1.807) is 12.1 Å². The van der Waals surface area contributed by atoms with E-state index in [1.807, 2.05) is 0 Å². The van der Waals surface area contributed by atoms with Crippen molar-refractivity contribution < 1.29 is 4.79 Å². The molecular weight excluding hydrogens is 315 g/mol. The van der Waals surface area contributed by atoms with Crippen LogP contribution in [0.5, 0.6) is 0 Å². The molecule has 1 amide bonds. The zero-order valence-electron chi connectivity index (χ0n) is 10.9. The number of rotatable bonds is 2. The highest BCUT2D eigenvalue weighted by Crippen LogP contribution is 2.21. The summed E-state index contributed by atoms with van der Waals surface area (Å²) < 4.78 is 0. The number of amides is 1. The molecule has 0 spiro atoms. The van der Waals surface area contributed by atoms with Crippen LogP contribution in [-0.2, 0) is 0 Å². The summed E-state index contributed by atoms with van der Waals surface area (Å²) in [7, 11) is 0. The number of benzene rings is 1. The SMILES string of the molecule is O=C(NC(=S)NC1CCCCC1)c1ccc(Cl)cc1Cl. The summed E-state index contributed by atoms with van der Waals surface area (Å²) in [5.74, 6) is -0.319. The van der Waals surface area contributed by atoms with Gasteiger partial charge in [0.2, 0.25) is 0 Å². The molecule has 1 aliphatic carbocycles. The summed E-state index contributed by atoms with van der Waals surface area (Å²) in [4.78, 5) is 12.1. The van der Waals surface area contributed by atoms with Crippen molar-refractivity contribution in [1.29, 1.82) is 0 Å². The molecule has 0 saturated heterocycles. The molecule has 2 N–H and O–H groups in total. The van der Waals surface area contributed by atoms with Crippen molar-refractivity contribution in [3.8, 4) is 0 Å². The minimum Gasteiger partial charge on any atom is -0.360 e. The molecule has 1 aromatic rings. The predicted octanol–water partition coefficient (Wildman–Crippen LogP) is 3.93. The van der Waals surface area contributed by atoms with Gasteiger partial charge in [-0.15, -0.1) is 0 Å². The predicted molar refractivity (Wildman–Crippen MR) is 86.5 cm³/mol. The fourth-order valence-corrected chi connectivity index (χ4v) is 3.07.